The van der Waals surface area contributed by atoms with E-state index in [2.05, 4.69) is 96.5 Å². The third-order valence-electron chi connectivity index (χ3n) is 3.11. The summed E-state index contributed by atoms with van der Waals surface area (Å²) in [5.74, 6) is 0. The van der Waals surface area contributed by atoms with Crippen LogP contribution >= 0.6 is 49.9 Å². The third kappa shape index (κ3) is 3.42. The van der Waals surface area contributed by atoms with Crippen molar-refractivity contribution in [2.75, 3.05) is 0 Å². The van der Waals surface area contributed by atoms with E-state index < -0.39 is 0 Å². The standard InChI is InChI=1S/C16H18BrIS/c1-10-6-5-7-11(15(10)18)14(17)12-8-9-13(19-12)16(2,3)4/h5-9,14H,1-4H3. The molecule has 1 aromatic heterocycles. The van der Waals surface area contributed by atoms with Crippen LogP contribution in [0.15, 0.2) is 30.3 Å². The molecule has 0 aliphatic carbocycles. The molecule has 2 aromatic rings. The molecule has 0 amide bonds. The van der Waals surface area contributed by atoms with Gasteiger partial charge >= 0.3 is 0 Å². The first-order valence-electron chi connectivity index (χ1n) is 6.30. The van der Waals surface area contributed by atoms with E-state index in [9.17, 15) is 0 Å². The molecule has 0 fully saturated rings. The van der Waals surface area contributed by atoms with Crippen LogP contribution in [-0.2, 0) is 5.41 Å². The first kappa shape index (κ1) is 15.5. The van der Waals surface area contributed by atoms with Gasteiger partial charge in [-0.05, 0) is 58.2 Å². The number of hydrogen-bond acceptors (Lipinski definition) is 1. The van der Waals surface area contributed by atoms with Crippen molar-refractivity contribution < 1.29 is 0 Å². The Morgan fingerprint density at radius 3 is 2.42 bits per heavy atom. The Morgan fingerprint density at radius 2 is 1.84 bits per heavy atom. The average molecular weight is 449 g/mol. The molecule has 0 saturated carbocycles. The molecular formula is C16H18BrIS. The van der Waals surface area contributed by atoms with Crippen molar-refractivity contribution in [1.29, 1.82) is 0 Å². The van der Waals surface area contributed by atoms with Gasteiger partial charge in [0, 0.05) is 13.3 Å². The number of alkyl halides is 1. The summed E-state index contributed by atoms with van der Waals surface area (Å²) in [6, 6.07) is 11.0. The highest BCUT2D eigenvalue weighted by Crippen LogP contribution is 2.40. The van der Waals surface area contributed by atoms with Crippen molar-refractivity contribution in [3.8, 4) is 0 Å². The summed E-state index contributed by atoms with van der Waals surface area (Å²) < 4.78 is 1.35. The topological polar surface area (TPSA) is 0 Å². The largest absolute Gasteiger partial charge is 0.143 e. The monoisotopic (exact) mass is 448 g/mol. The Morgan fingerprint density at radius 1 is 1.16 bits per heavy atom. The van der Waals surface area contributed by atoms with E-state index in [0.29, 0.717) is 4.83 Å². The lowest BCUT2D eigenvalue weighted by atomic mass is 9.95. The second-order valence-corrected chi connectivity index (χ2v) is 8.90. The molecule has 0 aliphatic rings. The summed E-state index contributed by atoms with van der Waals surface area (Å²) >= 11 is 8.22. The van der Waals surface area contributed by atoms with Crippen LogP contribution in [0.2, 0.25) is 0 Å². The van der Waals surface area contributed by atoms with E-state index in [1.807, 2.05) is 11.3 Å². The highest BCUT2D eigenvalue weighted by Gasteiger charge is 2.20. The number of thiophene rings is 1. The quantitative estimate of drug-likeness (QED) is 0.366. The summed E-state index contributed by atoms with van der Waals surface area (Å²) in [7, 11) is 0. The highest BCUT2D eigenvalue weighted by atomic mass is 127. The van der Waals surface area contributed by atoms with Gasteiger partial charge in [-0.3, -0.25) is 0 Å². The summed E-state index contributed by atoms with van der Waals surface area (Å²) in [5, 5.41) is 0. The summed E-state index contributed by atoms with van der Waals surface area (Å²) in [6.45, 7) is 8.97. The van der Waals surface area contributed by atoms with Crippen molar-refractivity contribution in [3.05, 3.63) is 54.8 Å². The maximum atomic E-state index is 3.86. The SMILES string of the molecule is Cc1cccc(C(Br)c2ccc(C(C)(C)C)s2)c1I. The van der Waals surface area contributed by atoms with Gasteiger partial charge in [-0.15, -0.1) is 11.3 Å². The van der Waals surface area contributed by atoms with Gasteiger partial charge in [0.25, 0.3) is 0 Å². The van der Waals surface area contributed by atoms with Crippen LogP contribution in [0.5, 0.6) is 0 Å². The molecule has 0 radical (unpaired) electrons. The first-order valence-corrected chi connectivity index (χ1v) is 9.11. The Balaban J connectivity index is 2.37. The van der Waals surface area contributed by atoms with Crippen LogP contribution in [0, 0.1) is 10.5 Å². The Kier molecular flexibility index (Phi) is 4.79. The summed E-state index contributed by atoms with van der Waals surface area (Å²) in [5.41, 5.74) is 2.94. The second kappa shape index (κ2) is 5.86. The molecule has 0 nitrogen and oxygen atoms in total. The average Bonchev–Trinajstić information content (AvgIpc) is 2.81. The van der Waals surface area contributed by atoms with Gasteiger partial charge < -0.3 is 0 Å². The molecule has 19 heavy (non-hydrogen) atoms. The third-order valence-corrected chi connectivity index (χ3v) is 7.45. The number of hydrogen-bond donors (Lipinski definition) is 0. The zero-order chi connectivity index (χ0) is 14.2. The predicted octanol–water partition coefficient (Wildman–Crippen LogP) is 6.44. The van der Waals surface area contributed by atoms with E-state index in [1.54, 1.807) is 0 Å². The van der Waals surface area contributed by atoms with E-state index in [1.165, 1.54) is 24.5 Å². The first-order chi connectivity index (χ1) is 8.80. The molecule has 1 unspecified atom stereocenters. The van der Waals surface area contributed by atoms with Crippen LogP contribution in [0.4, 0.5) is 0 Å². The molecule has 0 spiro atoms. The molecule has 1 aromatic carbocycles. The van der Waals surface area contributed by atoms with E-state index in [-0.39, 0.29) is 5.41 Å². The van der Waals surface area contributed by atoms with E-state index in [0.717, 1.165) is 0 Å². The van der Waals surface area contributed by atoms with Crippen LogP contribution in [0.1, 0.15) is 46.5 Å². The van der Waals surface area contributed by atoms with Gasteiger partial charge in [-0.1, -0.05) is 54.9 Å². The minimum atomic E-state index is 0.232. The van der Waals surface area contributed by atoms with Gasteiger partial charge in [0.2, 0.25) is 0 Å². The summed E-state index contributed by atoms with van der Waals surface area (Å²) in [6.07, 6.45) is 0. The van der Waals surface area contributed by atoms with Crippen molar-refractivity contribution in [3.63, 3.8) is 0 Å². The van der Waals surface area contributed by atoms with E-state index in [4.69, 9.17) is 0 Å². The fourth-order valence-corrected chi connectivity index (χ4v) is 4.89. The number of halogens is 2. The van der Waals surface area contributed by atoms with Crippen LogP contribution in [0.25, 0.3) is 0 Å². The zero-order valence-corrected chi connectivity index (χ0v) is 16.2. The fourth-order valence-electron chi connectivity index (χ4n) is 1.91. The van der Waals surface area contributed by atoms with Crippen molar-refractivity contribution in [1.82, 2.24) is 0 Å². The minimum absolute atomic E-state index is 0.232. The van der Waals surface area contributed by atoms with Crippen LogP contribution in [-0.4, -0.2) is 0 Å². The minimum Gasteiger partial charge on any atom is -0.143 e. The molecule has 0 bridgehead atoms. The lowest BCUT2D eigenvalue weighted by molar-refractivity contribution is 0.604. The lowest BCUT2D eigenvalue weighted by Crippen LogP contribution is -2.07. The smallest absolute Gasteiger partial charge is 0.0748 e. The number of benzene rings is 1. The Hall–Kier alpha value is 0.130. The molecule has 1 heterocycles. The maximum Gasteiger partial charge on any atom is 0.0748 e. The lowest BCUT2D eigenvalue weighted by Gasteiger charge is -2.16. The fraction of sp³-hybridized carbons (Fsp3) is 0.375. The van der Waals surface area contributed by atoms with Gasteiger partial charge in [-0.25, -0.2) is 0 Å². The van der Waals surface area contributed by atoms with Gasteiger partial charge in [0.15, 0.2) is 0 Å². The molecule has 0 saturated heterocycles. The highest BCUT2D eigenvalue weighted by molar-refractivity contribution is 14.1. The second-order valence-electron chi connectivity index (χ2n) is 5.79. The molecule has 3 heteroatoms. The maximum absolute atomic E-state index is 3.86. The number of aryl methyl sites for hydroxylation is 1. The van der Waals surface area contributed by atoms with Crippen molar-refractivity contribution in [2.45, 2.75) is 37.9 Å². The van der Waals surface area contributed by atoms with Crippen LogP contribution in [0.3, 0.4) is 0 Å². The Labute approximate surface area is 141 Å². The molecule has 2 rings (SSSR count). The molecule has 0 aliphatic heterocycles. The predicted molar refractivity (Wildman–Crippen MR) is 97.7 cm³/mol. The van der Waals surface area contributed by atoms with E-state index >= 15 is 0 Å². The number of rotatable bonds is 2. The van der Waals surface area contributed by atoms with Crippen molar-refractivity contribution >= 4 is 49.9 Å². The molecule has 0 N–H and O–H groups in total. The van der Waals surface area contributed by atoms with Gasteiger partial charge in [0.1, 0.15) is 0 Å². The van der Waals surface area contributed by atoms with Gasteiger partial charge in [-0.2, -0.15) is 0 Å². The summed E-state index contributed by atoms with van der Waals surface area (Å²) in [4.78, 5) is 3.11. The van der Waals surface area contributed by atoms with Crippen LogP contribution < -0.4 is 0 Å². The van der Waals surface area contributed by atoms with Gasteiger partial charge in [0.05, 0.1) is 4.83 Å². The molecule has 1 atom stereocenters. The molecule has 102 valence electrons. The normalized spacial score (nSPS) is 13.6. The molecular weight excluding hydrogens is 431 g/mol. The van der Waals surface area contributed by atoms with Crippen molar-refractivity contribution in [2.24, 2.45) is 0 Å². The Bertz CT molecular complexity index is 581. The zero-order valence-electron chi connectivity index (χ0n) is 11.6.